The van der Waals surface area contributed by atoms with E-state index in [0.717, 1.165) is 55.2 Å². The van der Waals surface area contributed by atoms with E-state index < -0.39 is 11.6 Å². The summed E-state index contributed by atoms with van der Waals surface area (Å²) in [6.45, 7) is 0. The minimum absolute atomic E-state index is 0.163. The van der Waals surface area contributed by atoms with E-state index in [1.165, 1.54) is 18.2 Å². The van der Waals surface area contributed by atoms with Crippen LogP contribution in [-0.2, 0) is 0 Å². The van der Waals surface area contributed by atoms with Crippen molar-refractivity contribution in [2.45, 2.75) is 0 Å². The van der Waals surface area contributed by atoms with Gasteiger partial charge in [0.15, 0.2) is 17.5 Å². The van der Waals surface area contributed by atoms with E-state index in [4.69, 9.17) is 15.0 Å². The van der Waals surface area contributed by atoms with Gasteiger partial charge in [-0.2, -0.15) is 10.5 Å². The first kappa shape index (κ1) is 36.7. The normalized spacial score (nSPS) is 11.1. The zero-order valence-corrected chi connectivity index (χ0v) is 32.3. The number of fused-ring (bicyclic) bond motifs is 3. The van der Waals surface area contributed by atoms with Gasteiger partial charge in [-0.1, -0.05) is 121 Å². The molecule has 0 radical (unpaired) electrons. The molecule has 0 spiro atoms. The molecule has 0 bridgehead atoms. The molecule has 10 rings (SSSR count). The Hall–Kier alpha value is -8.59. The second kappa shape index (κ2) is 15.3. The van der Waals surface area contributed by atoms with Crippen molar-refractivity contribution < 1.29 is 8.78 Å². The molecular weight excluding hydrogens is 759 g/mol. The second-order valence-electron chi connectivity index (χ2n) is 14.5. The van der Waals surface area contributed by atoms with Crippen LogP contribution in [-0.4, -0.2) is 19.5 Å². The topological polar surface area (TPSA) is 91.2 Å². The molecule has 0 amide bonds. The first-order valence-electron chi connectivity index (χ1n) is 19.5. The zero-order valence-electron chi connectivity index (χ0n) is 32.3. The summed E-state index contributed by atoms with van der Waals surface area (Å²) in [4.78, 5) is 15.1. The van der Waals surface area contributed by atoms with Crippen LogP contribution in [0.25, 0.3) is 95.0 Å². The molecule has 0 fully saturated rings. The first-order valence-corrected chi connectivity index (χ1v) is 19.5. The first-order chi connectivity index (χ1) is 29.9. The van der Waals surface area contributed by atoms with E-state index in [9.17, 15) is 10.5 Å². The van der Waals surface area contributed by atoms with Crippen LogP contribution in [0, 0.1) is 34.3 Å². The molecular formula is C53H30F2N6. The summed E-state index contributed by atoms with van der Waals surface area (Å²) in [7, 11) is 0. The van der Waals surface area contributed by atoms with Gasteiger partial charge in [-0.15, -0.1) is 0 Å². The molecule has 0 aliphatic rings. The van der Waals surface area contributed by atoms with Crippen LogP contribution in [0.5, 0.6) is 0 Å². The number of hydrogen-bond acceptors (Lipinski definition) is 5. The molecule has 0 atom stereocenters. The standard InChI is InChI=1S/C53H30F2N6/c54-45-12-7-13-46(55)50(45)41-24-27-47(44(28-41)53-59-51(37-8-3-1-4-9-37)58-52(60-53)38-10-5-2-6-11-38)61-48-29-39(35-18-14-33(31-56)15-19-35)22-25-42(48)43-26-23-40(30-49(43)61)36-20-16-34(32-57)17-21-36/h1-30H. The second-order valence-corrected chi connectivity index (χ2v) is 14.5. The molecule has 6 nitrogen and oxygen atoms in total. The largest absolute Gasteiger partial charge is 0.308 e. The van der Waals surface area contributed by atoms with Crippen LogP contribution < -0.4 is 0 Å². The van der Waals surface area contributed by atoms with E-state index in [2.05, 4.69) is 53.1 Å². The molecule has 286 valence electrons. The summed E-state index contributed by atoms with van der Waals surface area (Å²) in [5.74, 6) is -0.207. The van der Waals surface area contributed by atoms with Crippen LogP contribution in [0.2, 0.25) is 0 Å². The van der Waals surface area contributed by atoms with E-state index in [0.29, 0.717) is 45.4 Å². The molecule has 0 aliphatic carbocycles. The zero-order chi connectivity index (χ0) is 41.5. The fraction of sp³-hybridized carbons (Fsp3) is 0. The van der Waals surface area contributed by atoms with Gasteiger partial charge >= 0.3 is 0 Å². The third kappa shape index (κ3) is 6.75. The van der Waals surface area contributed by atoms with Crippen molar-refractivity contribution in [1.29, 1.82) is 10.5 Å². The Morgan fingerprint density at radius 3 is 1.31 bits per heavy atom. The molecule has 0 saturated carbocycles. The predicted octanol–water partition coefficient (Wildman–Crippen LogP) is 13.0. The Morgan fingerprint density at radius 1 is 0.393 bits per heavy atom. The van der Waals surface area contributed by atoms with Crippen molar-refractivity contribution in [3.63, 3.8) is 0 Å². The molecule has 2 heterocycles. The fourth-order valence-electron chi connectivity index (χ4n) is 7.88. The third-order valence-electron chi connectivity index (χ3n) is 10.9. The summed E-state index contributed by atoms with van der Waals surface area (Å²) < 4.78 is 33.4. The van der Waals surface area contributed by atoms with Gasteiger partial charge in [0.2, 0.25) is 0 Å². The summed E-state index contributed by atoms with van der Waals surface area (Å²) in [5, 5.41) is 20.9. The summed E-state index contributed by atoms with van der Waals surface area (Å²) >= 11 is 0. The quantitative estimate of drug-likeness (QED) is 0.160. The lowest BCUT2D eigenvalue weighted by Gasteiger charge is -2.17. The molecule has 8 aromatic carbocycles. The van der Waals surface area contributed by atoms with Crippen LogP contribution in [0.15, 0.2) is 182 Å². The SMILES string of the molecule is N#Cc1ccc(-c2ccc3c4ccc(-c5ccc(C#N)cc5)cc4n(-c4ccc(-c5c(F)cccc5F)cc4-c4nc(-c5ccccc5)nc(-c5ccccc5)n4)c3c2)cc1. The predicted molar refractivity (Wildman–Crippen MR) is 236 cm³/mol. The maximum atomic E-state index is 15.6. The maximum Gasteiger partial charge on any atom is 0.166 e. The van der Waals surface area contributed by atoms with Crippen LogP contribution in [0.3, 0.4) is 0 Å². The molecule has 10 aromatic rings. The highest BCUT2D eigenvalue weighted by Gasteiger charge is 2.23. The monoisotopic (exact) mass is 788 g/mol. The van der Waals surface area contributed by atoms with Crippen molar-refractivity contribution in [3.05, 3.63) is 205 Å². The smallest absolute Gasteiger partial charge is 0.166 e. The average Bonchev–Trinajstić information content (AvgIpc) is 3.64. The molecule has 2 aromatic heterocycles. The number of nitriles is 2. The van der Waals surface area contributed by atoms with E-state index >= 15 is 8.78 Å². The Kier molecular flexibility index (Phi) is 9.21. The van der Waals surface area contributed by atoms with Crippen molar-refractivity contribution in [3.8, 4) is 85.4 Å². The minimum Gasteiger partial charge on any atom is -0.308 e. The Bertz CT molecular complexity index is 3190. The number of rotatable bonds is 7. The highest BCUT2D eigenvalue weighted by molar-refractivity contribution is 6.11. The van der Waals surface area contributed by atoms with Gasteiger partial charge in [-0.25, -0.2) is 23.7 Å². The maximum absolute atomic E-state index is 15.6. The van der Waals surface area contributed by atoms with Gasteiger partial charge in [-0.3, -0.25) is 0 Å². The van der Waals surface area contributed by atoms with E-state index in [1.54, 1.807) is 36.4 Å². The van der Waals surface area contributed by atoms with Gasteiger partial charge < -0.3 is 4.57 Å². The average molecular weight is 789 g/mol. The Balaban J connectivity index is 1.30. The highest BCUT2D eigenvalue weighted by atomic mass is 19.1. The van der Waals surface area contributed by atoms with Gasteiger partial charge in [-0.05, 0) is 88.5 Å². The van der Waals surface area contributed by atoms with Crippen LogP contribution in [0.4, 0.5) is 8.78 Å². The van der Waals surface area contributed by atoms with Gasteiger partial charge in [0.05, 0.1) is 45.5 Å². The van der Waals surface area contributed by atoms with Crippen LogP contribution in [0.1, 0.15) is 11.1 Å². The van der Waals surface area contributed by atoms with Crippen molar-refractivity contribution in [1.82, 2.24) is 19.5 Å². The molecule has 0 saturated heterocycles. The molecule has 0 aliphatic heterocycles. The minimum atomic E-state index is -0.694. The fourth-order valence-corrected chi connectivity index (χ4v) is 7.88. The summed E-state index contributed by atoms with van der Waals surface area (Å²) in [5.41, 5.74) is 9.45. The number of aromatic nitrogens is 4. The number of nitrogens with zero attached hydrogens (tertiary/aromatic N) is 6. The number of hydrogen-bond donors (Lipinski definition) is 0. The lowest BCUT2D eigenvalue weighted by molar-refractivity contribution is 0.589. The summed E-state index contributed by atoms with van der Waals surface area (Å²) in [6.07, 6.45) is 0. The molecule has 61 heavy (non-hydrogen) atoms. The number of benzene rings is 8. The lowest BCUT2D eigenvalue weighted by Crippen LogP contribution is -2.04. The lowest BCUT2D eigenvalue weighted by atomic mass is 9.99. The highest BCUT2D eigenvalue weighted by Crippen LogP contribution is 2.41. The van der Waals surface area contributed by atoms with Gasteiger partial charge in [0.1, 0.15) is 11.6 Å². The van der Waals surface area contributed by atoms with Crippen LogP contribution >= 0.6 is 0 Å². The Labute approximate surface area is 349 Å². The van der Waals surface area contributed by atoms with E-state index in [1.807, 2.05) is 91.0 Å². The van der Waals surface area contributed by atoms with Crippen molar-refractivity contribution >= 4 is 21.8 Å². The third-order valence-corrected chi connectivity index (χ3v) is 10.9. The van der Waals surface area contributed by atoms with Gasteiger partial charge in [0.25, 0.3) is 0 Å². The van der Waals surface area contributed by atoms with Crippen molar-refractivity contribution in [2.75, 3.05) is 0 Å². The Morgan fingerprint density at radius 2 is 0.836 bits per heavy atom. The molecule has 8 heteroatoms. The summed E-state index contributed by atoms with van der Waals surface area (Å²) in [6, 6.07) is 60.3. The number of halogens is 2. The molecule has 0 unspecified atom stereocenters. The van der Waals surface area contributed by atoms with Gasteiger partial charge in [0, 0.05) is 27.5 Å². The molecule has 0 N–H and O–H groups in total. The van der Waals surface area contributed by atoms with Crippen molar-refractivity contribution in [2.24, 2.45) is 0 Å². The van der Waals surface area contributed by atoms with E-state index in [-0.39, 0.29) is 5.56 Å².